The molecule has 7 heteroatoms. The fourth-order valence-corrected chi connectivity index (χ4v) is 2.92. The van der Waals surface area contributed by atoms with Crippen LogP contribution in [0.25, 0.3) is 0 Å². The van der Waals surface area contributed by atoms with E-state index in [0.29, 0.717) is 37.3 Å². The Bertz CT molecular complexity index is 540. The lowest BCUT2D eigenvalue weighted by atomic mass is 9.86. The van der Waals surface area contributed by atoms with Gasteiger partial charge in [0.25, 0.3) is 0 Å². The average Bonchev–Trinajstić information content (AvgIpc) is 2.47. The summed E-state index contributed by atoms with van der Waals surface area (Å²) in [6, 6.07) is 0. The van der Waals surface area contributed by atoms with Gasteiger partial charge in [-0.3, -0.25) is 0 Å². The first-order valence-electron chi connectivity index (χ1n) is 7.38. The highest BCUT2D eigenvalue weighted by Gasteiger charge is 2.32. The standard InChI is InChI=1S/C15H23N3O4/c1-10-16-8-12(15(2,21)9-22-3)13(17-10)11-4-6-18(7-5-11)14(19)20/h8,11,21H,4-7,9H2,1-3H3,(H,19,20). The Labute approximate surface area is 130 Å². The molecule has 7 nitrogen and oxygen atoms in total. The molecule has 2 rings (SSSR count). The van der Waals surface area contributed by atoms with Gasteiger partial charge < -0.3 is 19.8 Å². The van der Waals surface area contributed by atoms with Crippen molar-refractivity contribution in [3.63, 3.8) is 0 Å². The zero-order valence-corrected chi connectivity index (χ0v) is 13.2. The van der Waals surface area contributed by atoms with Crippen molar-refractivity contribution in [1.82, 2.24) is 14.9 Å². The molecule has 1 aromatic heterocycles. The molecule has 1 amide bonds. The van der Waals surface area contributed by atoms with Gasteiger partial charge >= 0.3 is 6.09 Å². The van der Waals surface area contributed by atoms with Crippen molar-refractivity contribution in [2.75, 3.05) is 26.8 Å². The van der Waals surface area contributed by atoms with Gasteiger partial charge in [0.2, 0.25) is 0 Å². The van der Waals surface area contributed by atoms with Gasteiger partial charge in [0.05, 0.1) is 12.3 Å². The molecule has 0 bridgehead atoms. The van der Waals surface area contributed by atoms with Gasteiger partial charge in [-0.15, -0.1) is 0 Å². The Balaban J connectivity index is 2.27. The van der Waals surface area contributed by atoms with E-state index in [9.17, 15) is 9.90 Å². The van der Waals surface area contributed by atoms with Crippen LogP contribution >= 0.6 is 0 Å². The van der Waals surface area contributed by atoms with Crippen LogP contribution in [0.1, 0.15) is 42.8 Å². The van der Waals surface area contributed by atoms with E-state index < -0.39 is 11.7 Å². The van der Waals surface area contributed by atoms with Crippen molar-refractivity contribution in [2.24, 2.45) is 0 Å². The maximum Gasteiger partial charge on any atom is 0.407 e. The third kappa shape index (κ3) is 3.53. The van der Waals surface area contributed by atoms with Crippen molar-refractivity contribution < 1.29 is 19.7 Å². The molecule has 22 heavy (non-hydrogen) atoms. The highest BCUT2D eigenvalue weighted by molar-refractivity contribution is 5.65. The molecule has 2 heterocycles. The highest BCUT2D eigenvalue weighted by Crippen LogP contribution is 2.33. The minimum absolute atomic E-state index is 0.121. The van der Waals surface area contributed by atoms with Crippen LogP contribution in [0.4, 0.5) is 4.79 Å². The Morgan fingerprint density at radius 3 is 2.68 bits per heavy atom. The van der Waals surface area contributed by atoms with Crippen LogP contribution in [0.2, 0.25) is 0 Å². The van der Waals surface area contributed by atoms with Gasteiger partial charge in [-0.25, -0.2) is 14.8 Å². The normalized spacial score (nSPS) is 19.0. The van der Waals surface area contributed by atoms with E-state index in [0.717, 1.165) is 5.69 Å². The molecule has 1 unspecified atom stereocenters. The van der Waals surface area contributed by atoms with Crippen LogP contribution in [-0.4, -0.2) is 58.0 Å². The Morgan fingerprint density at radius 1 is 1.50 bits per heavy atom. The zero-order valence-electron chi connectivity index (χ0n) is 13.2. The fraction of sp³-hybridized carbons (Fsp3) is 0.667. The van der Waals surface area contributed by atoms with E-state index in [1.54, 1.807) is 13.1 Å². The summed E-state index contributed by atoms with van der Waals surface area (Å²) >= 11 is 0. The summed E-state index contributed by atoms with van der Waals surface area (Å²) in [5.74, 6) is 0.767. The molecule has 0 aromatic carbocycles. The van der Waals surface area contributed by atoms with Crippen molar-refractivity contribution in [1.29, 1.82) is 0 Å². The SMILES string of the molecule is COCC(C)(O)c1cnc(C)nc1C1CCN(C(=O)O)CC1. The summed E-state index contributed by atoms with van der Waals surface area (Å²) in [5, 5.41) is 19.7. The second-order valence-electron chi connectivity index (χ2n) is 5.97. The van der Waals surface area contributed by atoms with Gasteiger partial charge in [0.15, 0.2) is 0 Å². The lowest BCUT2D eigenvalue weighted by Crippen LogP contribution is -2.38. The molecule has 2 N–H and O–H groups in total. The first-order valence-corrected chi connectivity index (χ1v) is 7.38. The monoisotopic (exact) mass is 309 g/mol. The van der Waals surface area contributed by atoms with E-state index in [2.05, 4.69) is 9.97 Å². The minimum Gasteiger partial charge on any atom is -0.465 e. The maximum absolute atomic E-state index is 11.0. The number of aryl methyl sites for hydroxylation is 1. The number of hydrogen-bond acceptors (Lipinski definition) is 5. The largest absolute Gasteiger partial charge is 0.465 e. The Kier molecular flexibility index (Phi) is 4.97. The number of amides is 1. The number of aromatic nitrogens is 2. The predicted octanol–water partition coefficient (Wildman–Crippen LogP) is 1.50. The van der Waals surface area contributed by atoms with Crippen LogP contribution in [-0.2, 0) is 10.3 Å². The zero-order chi connectivity index (χ0) is 16.3. The quantitative estimate of drug-likeness (QED) is 0.875. The molecule has 1 saturated heterocycles. The summed E-state index contributed by atoms with van der Waals surface area (Å²) in [5.41, 5.74) is 0.301. The number of aliphatic hydroxyl groups is 1. The molecule has 0 saturated carbocycles. The molecule has 122 valence electrons. The Hall–Kier alpha value is -1.73. The van der Waals surface area contributed by atoms with Gasteiger partial charge in [-0.05, 0) is 26.7 Å². The number of rotatable bonds is 4. The summed E-state index contributed by atoms with van der Waals surface area (Å²) < 4.78 is 5.09. The van der Waals surface area contributed by atoms with Crippen LogP contribution in [0.5, 0.6) is 0 Å². The van der Waals surface area contributed by atoms with E-state index in [1.165, 1.54) is 12.0 Å². The van der Waals surface area contributed by atoms with E-state index in [1.807, 2.05) is 6.92 Å². The number of methoxy groups -OCH3 is 1. The summed E-state index contributed by atoms with van der Waals surface area (Å²) in [6.07, 6.45) is 2.15. The van der Waals surface area contributed by atoms with Crippen LogP contribution in [0.3, 0.4) is 0 Å². The maximum atomic E-state index is 11.0. The number of nitrogens with zero attached hydrogens (tertiary/aromatic N) is 3. The molecule has 1 fully saturated rings. The molecule has 0 radical (unpaired) electrons. The number of hydrogen-bond donors (Lipinski definition) is 2. The van der Waals surface area contributed by atoms with Gasteiger partial charge in [0, 0.05) is 37.9 Å². The van der Waals surface area contributed by atoms with Crippen molar-refractivity contribution >= 4 is 6.09 Å². The molecule has 1 aliphatic heterocycles. The molecule has 1 atom stereocenters. The second-order valence-corrected chi connectivity index (χ2v) is 5.97. The number of carbonyl (C=O) groups is 1. The third-order valence-electron chi connectivity index (χ3n) is 4.10. The summed E-state index contributed by atoms with van der Waals surface area (Å²) in [4.78, 5) is 21.1. The second kappa shape index (κ2) is 6.58. The van der Waals surface area contributed by atoms with E-state index in [4.69, 9.17) is 9.84 Å². The average molecular weight is 309 g/mol. The number of ether oxygens (including phenoxy) is 1. The van der Waals surface area contributed by atoms with Crippen molar-refractivity contribution in [3.8, 4) is 0 Å². The van der Waals surface area contributed by atoms with Gasteiger partial charge in [-0.2, -0.15) is 0 Å². The minimum atomic E-state index is -1.16. The number of likely N-dealkylation sites (tertiary alicyclic amines) is 1. The van der Waals surface area contributed by atoms with E-state index in [-0.39, 0.29) is 12.5 Å². The number of carboxylic acid groups (broad SMARTS) is 1. The molecular formula is C15H23N3O4. The highest BCUT2D eigenvalue weighted by atomic mass is 16.5. The summed E-state index contributed by atoms with van der Waals surface area (Å²) in [7, 11) is 1.54. The third-order valence-corrected chi connectivity index (χ3v) is 4.10. The summed E-state index contributed by atoms with van der Waals surface area (Å²) in [6.45, 7) is 4.61. The lowest BCUT2D eigenvalue weighted by molar-refractivity contribution is -0.0224. The Morgan fingerprint density at radius 2 is 2.14 bits per heavy atom. The molecule has 0 aliphatic carbocycles. The van der Waals surface area contributed by atoms with Gasteiger partial charge in [0.1, 0.15) is 11.4 Å². The van der Waals surface area contributed by atoms with Gasteiger partial charge in [-0.1, -0.05) is 0 Å². The first kappa shape index (κ1) is 16.6. The predicted molar refractivity (Wildman–Crippen MR) is 79.8 cm³/mol. The molecule has 1 aromatic rings. The first-order chi connectivity index (χ1) is 10.3. The van der Waals surface area contributed by atoms with Crippen molar-refractivity contribution in [3.05, 3.63) is 23.3 Å². The fourth-order valence-electron chi connectivity index (χ4n) is 2.92. The molecule has 0 spiro atoms. The van der Waals surface area contributed by atoms with Crippen LogP contribution < -0.4 is 0 Å². The number of piperidine rings is 1. The lowest BCUT2D eigenvalue weighted by Gasteiger charge is -2.33. The van der Waals surface area contributed by atoms with E-state index >= 15 is 0 Å². The van der Waals surface area contributed by atoms with Crippen LogP contribution in [0, 0.1) is 6.92 Å². The van der Waals surface area contributed by atoms with Crippen molar-refractivity contribution in [2.45, 2.75) is 38.2 Å². The van der Waals surface area contributed by atoms with Crippen LogP contribution in [0.15, 0.2) is 6.20 Å². The smallest absolute Gasteiger partial charge is 0.407 e. The molecule has 1 aliphatic rings. The molecular weight excluding hydrogens is 286 g/mol. The topological polar surface area (TPSA) is 95.8 Å².